The van der Waals surface area contributed by atoms with Gasteiger partial charge in [0.2, 0.25) is 0 Å². The fourth-order valence-electron chi connectivity index (χ4n) is 1.71. The normalized spacial score (nSPS) is 12.4. The van der Waals surface area contributed by atoms with E-state index < -0.39 is 18.0 Å². The molecule has 1 aromatic rings. The molecule has 0 N–H and O–H groups in total. The zero-order valence-electron chi connectivity index (χ0n) is 11.2. The molecule has 0 aromatic heterocycles. The molecule has 1 aromatic carbocycles. The van der Waals surface area contributed by atoms with Crippen LogP contribution in [0.2, 0.25) is 0 Å². The summed E-state index contributed by atoms with van der Waals surface area (Å²) in [5.41, 5.74) is 2.17. The van der Waals surface area contributed by atoms with Gasteiger partial charge in [0.25, 0.3) is 0 Å². The van der Waals surface area contributed by atoms with Crippen molar-refractivity contribution in [2.45, 2.75) is 32.5 Å². The number of nitrogens with zero attached hydrogens (tertiary/aromatic N) is 1. The van der Waals surface area contributed by atoms with E-state index in [1.165, 1.54) is 0 Å². The molecule has 0 aliphatic carbocycles. The van der Waals surface area contributed by atoms with Crippen LogP contribution in [-0.4, -0.2) is 30.0 Å². The lowest BCUT2D eigenvalue weighted by Gasteiger charge is -2.25. The Bertz CT molecular complexity index is 510. The SMILES string of the molecule is Cc1ccc(CN(C)C(=O)C(F)(F)C(F)(F)F)c(C)c1. The molecule has 1 amide bonds. The molecule has 0 heterocycles. The topological polar surface area (TPSA) is 20.3 Å². The maximum Gasteiger partial charge on any atom is 0.463 e. The van der Waals surface area contributed by atoms with Crippen LogP contribution in [0.25, 0.3) is 0 Å². The largest absolute Gasteiger partial charge is 0.463 e. The molecule has 20 heavy (non-hydrogen) atoms. The molecule has 2 nitrogen and oxygen atoms in total. The highest BCUT2D eigenvalue weighted by atomic mass is 19.4. The highest BCUT2D eigenvalue weighted by molar-refractivity contribution is 5.84. The van der Waals surface area contributed by atoms with Crippen molar-refractivity contribution in [1.82, 2.24) is 4.90 Å². The van der Waals surface area contributed by atoms with Crippen molar-refractivity contribution in [3.05, 3.63) is 34.9 Å². The molecule has 0 spiro atoms. The van der Waals surface area contributed by atoms with Gasteiger partial charge in [-0.3, -0.25) is 4.79 Å². The quantitative estimate of drug-likeness (QED) is 0.782. The number of rotatable bonds is 3. The van der Waals surface area contributed by atoms with E-state index in [4.69, 9.17) is 0 Å². The lowest BCUT2D eigenvalue weighted by Crippen LogP contribution is -2.50. The van der Waals surface area contributed by atoms with Crippen LogP contribution >= 0.6 is 0 Å². The molecule has 0 unspecified atom stereocenters. The Labute approximate surface area is 113 Å². The van der Waals surface area contributed by atoms with E-state index in [1.807, 2.05) is 6.92 Å². The molecule has 1 rings (SSSR count). The van der Waals surface area contributed by atoms with E-state index in [9.17, 15) is 26.7 Å². The van der Waals surface area contributed by atoms with Crippen molar-refractivity contribution < 1.29 is 26.7 Å². The summed E-state index contributed by atoms with van der Waals surface area (Å²) in [6.45, 7) is 3.21. The fourth-order valence-corrected chi connectivity index (χ4v) is 1.71. The van der Waals surface area contributed by atoms with Crippen LogP contribution in [-0.2, 0) is 11.3 Å². The van der Waals surface area contributed by atoms with E-state index >= 15 is 0 Å². The number of amides is 1. The number of hydrogen-bond acceptors (Lipinski definition) is 1. The van der Waals surface area contributed by atoms with Crippen molar-refractivity contribution in [1.29, 1.82) is 0 Å². The smallest absolute Gasteiger partial charge is 0.336 e. The zero-order valence-corrected chi connectivity index (χ0v) is 11.2. The predicted octanol–water partition coefficient (Wildman–Crippen LogP) is 3.46. The minimum Gasteiger partial charge on any atom is -0.336 e. The monoisotopic (exact) mass is 295 g/mol. The first-order valence-corrected chi connectivity index (χ1v) is 5.73. The van der Waals surface area contributed by atoms with Gasteiger partial charge in [0, 0.05) is 13.6 Å². The second-order valence-corrected chi connectivity index (χ2v) is 4.66. The highest BCUT2D eigenvalue weighted by Gasteiger charge is 2.64. The molecule has 0 atom stereocenters. The highest BCUT2D eigenvalue weighted by Crippen LogP contribution is 2.36. The molecule has 0 fully saturated rings. The van der Waals surface area contributed by atoms with Gasteiger partial charge in [-0.25, -0.2) is 0 Å². The Balaban J connectivity index is 2.91. The zero-order chi connectivity index (χ0) is 15.7. The molecule has 112 valence electrons. The van der Waals surface area contributed by atoms with Crippen molar-refractivity contribution in [2.24, 2.45) is 0 Å². The van der Waals surface area contributed by atoms with Crippen molar-refractivity contribution in [3.63, 3.8) is 0 Å². The molecule has 0 aliphatic rings. The standard InChI is InChI=1S/C13H14F5NO/c1-8-4-5-10(9(2)6-8)7-19(3)11(20)12(14,15)13(16,17)18/h4-6H,7H2,1-3H3. The van der Waals surface area contributed by atoms with Gasteiger partial charge in [-0.05, 0) is 25.0 Å². The molecule has 0 saturated heterocycles. The van der Waals surface area contributed by atoms with E-state index in [0.29, 0.717) is 10.5 Å². The number of hydrogen-bond donors (Lipinski definition) is 0. The van der Waals surface area contributed by atoms with Gasteiger partial charge in [-0.1, -0.05) is 23.8 Å². The number of benzene rings is 1. The number of aryl methyl sites for hydroxylation is 2. The molecular weight excluding hydrogens is 281 g/mol. The van der Waals surface area contributed by atoms with Crippen LogP contribution in [0.4, 0.5) is 22.0 Å². The number of alkyl halides is 5. The van der Waals surface area contributed by atoms with Gasteiger partial charge >= 0.3 is 18.0 Å². The minimum atomic E-state index is -5.89. The minimum absolute atomic E-state index is 0.309. The van der Waals surface area contributed by atoms with Crippen LogP contribution in [0.1, 0.15) is 16.7 Å². The van der Waals surface area contributed by atoms with Crippen molar-refractivity contribution in [3.8, 4) is 0 Å². The van der Waals surface area contributed by atoms with E-state index in [-0.39, 0.29) is 6.54 Å². The lowest BCUT2D eigenvalue weighted by molar-refractivity contribution is -0.274. The van der Waals surface area contributed by atoms with Gasteiger partial charge < -0.3 is 4.90 Å². The van der Waals surface area contributed by atoms with Gasteiger partial charge in [0.1, 0.15) is 0 Å². The average molecular weight is 295 g/mol. The van der Waals surface area contributed by atoms with Gasteiger partial charge in [-0.15, -0.1) is 0 Å². The van der Waals surface area contributed by atoms with Crippen LogP contribution in [0, 0.1) is 13.8 Å². The molecule has 0 aliphatic heterocycles. The van der Waals surface area contributed by atoms with Crippen LogP contribution in [0.5, 0.6) is 0 Å². The third-order valence-electron chi connectivity index (χ3n) is 2.88. The second kappa shape index (κ2) is 5.38. The Hall–Kier alpha value is -1.66. The lowest BCUT2D eigenvalue weighted by atomic mass is 10.1. The van der Waals surface area contributed by atoms with Gasteiger partial charge in [0.15, 0.2) is 0 Å². The Morgan fingerprint density at radius 1 is 1.15 bits per heavy atom. The molecule has 7 heteroatoms. The third kappa shape index (κ3) is 3.26. The average Bonchev–Trinajstić information content (AvgIpc) is 2.30. The maximum absolute atomic E-state index is 12.9. The van der Waals surface area contributed by atoms with Crippen LogP contribution in [0.15, 0.2) is 18.2 Å². The second-order valence-electron chi connectivity index (χ2n) is 4.66. The maximum atomic E-state index is 12.9. The van der Waals surface area contributed by atoms with E-state index in [0.717, 1.165) is 18.2 Å². The molecule has 0 saturated carbocycles. The summed E-state index contributed by atoms with van der Waals surface area (Å²) < 4.78 is 62.2. The predicted molar refractivity (Wildman–Crippen MR) is 63.4 cm³/mol. The molecule has 0 bridgehead atoms. The Morgan fingerprint density at radius 3 is 2.15 bits per heavy atom. The first-order chi connectivity index (χ1) is 8.96. The summed E-state index contributed by atoms with van der Waals surface area (Å²) in [5, 5.41) is 0. The van der Waals surface area contributed by atoms with Crippen LogP contribution in [0.3, 0.4) is 0 Å². The van der Waals surface area contributed by atoms with Crippen molar-refractivity contribution >= 4 is 5.91 Å². The fraction of sp³-hybridized carbons (Fsp3) is 0.462. The number of halogens is 5. The van der Waals surface area contributed by atoms with E-state index in [1.54, 1.807) is 25.1 Å². The molecular formula is C13H14F5NO. The van der Waals surface area contributed by atoms with E-state index in [2.05, 4.69) is 0 Å². The van der Waals surface area contributed by atoms with Crippen molar-refractivity contribution in [2.75, 3.05) is 7.05 Å². The summed E-state index contributed by atoms with van der Waals surface area (Å²) in [5.74, 6) is -7.63. The van der Waals surface area contributed by atoms with Crippen LogP contribution < -0.4 is 0 Å². The third-order valence-corrected chi connectivity index (χ3v) is 2.88. The number of carbonyl (C=O) groups is 1. The molecule has 0 radical (unpaired) electrons. The first kappa shape index (κ1) is 16.4. The Kier molecular flexibility index (Phi) is 4.41. The number of carbonyl (C=O) groups excluding carboxylic acids is 1. The van der Waals surface area contributed by atoms with Gasteiger partial charge in [0.05, 0.1) is 0 Å². The summed E-state index contributed by atoms with van der Waals surface area (Å²) >= 11 is 0. The summed E-state index contributed by atoms with van der Waals surface area (Å²) in [6, 6.07) is 5.05. The summed E-state index contributed by atoms with van der Waals surface area (Å²) in [6.07, 6.45) is -5.89. The van der Waals surface area contributed by atoms with Gasteiger partial charge in [-0.2, -0.15) is 22.0 Å². The summed E-state index contributed by atoms with van der Waals surface area (Å²) in [4.78, 5) is 11.6. The summed E-state index contributed by atoms with van der Waals surface area (Å²) in [7, 11) is 0.918. The first-order valence-electron chi connectivity index (χ1n) is 5.73. The Morgan fingerprint density at radius 2 is 1.70 bits per heavy atom.